The largest absolute Gasteiger partial charge is 0.374 e. The van der Waals surface area contributed by atoms with E-state index in [-0.39, 0.29) is 20.9 Å². The molecule has 7 nitrogen and oxygen atoms in total. The average molecular weight is 293 g/mol. The molecule has 1 rings (SSSR count). The monoisotopic (exact) mass is 293 g/mol. The maximum atomic E-state index is 12.0. The van der Waals surface area contributed by atoms with Gasteiger partial charge in [-0.05, 0) is 13.3 Å². The molecule has 18 heavy (non-hydrogen) atoms. The molecular formula is C9H15N3O4S2. The van der Waals surface area contributed by atoms with E-state index in [1.165, 1.54) is 7.05 Å². The summed E-state index contributed by atoms with van der Waals surface area (Å²) in [6, 6.07) is 0.857. The van der Waals surface area contributed by atoms with Crippen LogP contribution in [0.1, 0.15) is 20.3 Å². The van der Waals surface area contributed by atoms with Gasteiger partial charge in [-0.2, -0.15) is 0 Å². The summed E-state index contributed by atoms with van der Waals surface area (Å²) in [5, 5.41) is 13.6. The van der Waals surface area contributed by atoms with Gasteiger partial charge in [0, 0.05) is 19.2 Å². The Morgan fingerprint density at radius 1 is 1.56 bits per heavy atom. The molecule has 1 aromatic heterocycles. The number of nitrogens with zero attached hydrogens (tertiary/aromatic N) is 1. The SMILES string of the molecule is CCC(C)NS(=O)(=O)c1cc([N+](=O)[O-])c(NC)s1. The van der Waals surface area contributed by atoms with E-state index in [9.17, 15) is 18.5 Å². The number of nitro groups is 1. The molecule has 1 heterocycles. The highest BCUT2D eigenvalue weighted by atomic mass is 32.2. The lowest BCUT2D eigenvalue weighted by molar-refractivity contribution is -0.383. The average Bonchev–Trinajstić information content (AvgIpc) is 2.73. The number of hydrogen-bond donors (Lipinski definition) is 2. The summed E-state index contributed by atoms with van der Waals surface area (Å²) in [4.78, 5) is 10.1. The van der Waals surface area contributed by atoms with Crippen molar-refractivity contribution >= 4 is 32.0 Å². The molecule has 0 amide bonds. The number of sulfonamides is 1. The van der Waals surface area contributed by atoms with Crippen LogP contribution in [0, 0.1) is 10.1 Å². The van der Waals surface area contributed by atoms with Crippen molar-refractivity contribution in [2.75, 3.05) is 12.4 Å². The number of thiophene rings is 1. The Morgan fingerprint density at radius 3 is 2.56 bits per heavy atom. The molecule has 9 heteroatoms. The standard InChI is InChI=1S/C9H15N3O4S2/c1-4-6(2)11-18(15,16)8-5-7(12(13)14)9(10-3)17-8/h5-6,10-11H,4H2,1-3H3. The Labute approximate surface area is 109 Å². The first-order valence-electron chi connectivity index (χ1n) is 5.30. The Bertz CT molecular complexity index is 538. The van der Waals surface area contributed by atoms with Crippen LogP contribution in [0.25, 0.3) is 0 Å². The second kappa shape index (κ2) is 5.63. The topological polar surface area (TPSA) is 101 Å². The highest BCUT2D eigenvalue weighted by molar-refractivity contribution is 7.91. The molecule has 0 radical (unpaired) electrons. The van der Waals surface area contributed by atoms with Gasteiger partial charge in [0.05, 0.1) is 4.92 Å². The van der Waals surface area contributed by atoms with E-state index < -0.39 is 14.9 Å². The smallest absolute Gasteiger partial charge is 0.304 e. The molecule has 0 aliphatic carbocycles. The van der Waals surface area contributed by atoms with Crippen LogP contribution in [-0.2, 0) is 10.0 Å². The van der Waals surface area contributed by atoms with Crippen LogP contribution in [0.3, 0.4) is 0 Å². The Kier molecular flexibility index (Phi) is 4.65. The Morgan fingerprint density at radius 2 is 2.17 bits per heavy atom. The fourth-order valence-corrected chi connectivity index (χ4v) is 3.84. The lowest BCUT2D eigenvalue weighted by Gasteiger charge is -2.09. The van der Waals surface area contributed by atoms with Crippen LogP contribution in [0.5, 0.6) is 0 Å². The molecule has 0 bridgehead atoms. The van der Waals surface area contributed by atoms with Crippen molar-refractivity contribution in [3.63, 3.8) is 0 Å². The quantitative estimate of drug-likeness (QED) is 0.615. The number of anilines is 1. The van der Waals surface area contributed by atoms with E-state index in [4.69, 9.17) is 0 Å². The van der Waals surface area contributed by atoms with Crippen LogP contribution < -0.4 is 10.0 Å². The first-order valence-corrected chi connectivity index (χ1v) is 7.60. The van der Waals surface area contributed by atoms with Crippen molar-refractivity contribution in [2.24, 2.45) is 0 Å². The van der Waals surface area contributed by atoms with Gasteiger partial charge in [-0.3, -0.25) is 10.1 Å². The third kappa shape index (κ3) is 3.18. The molecule has 0 saturated carbocycles. The second-order valence-electron chi connectivity index (χ2n) is 3.72. The zero-order valence-electron chi connectivity index (χ0n) is 10.3. The third-order valence-corrected chi connectivity index (χ3v) is 5.55. The molecule has 1 atom stereocenters. The molecule has 1 unspecified atom stereocenters. The van der Waals surface area contributed by atoms with Gasteiger partial charge >= 0.3 is 5.69 Å². The maximum absolute atomic E-state index is 12.0. The van der Waals surface area contributed by atoms with Crippen LogP contribution in [0.4, 0.5) is 10.7 Å². The minimum absolute atomic E-state index is 0.0566. The van der Waals surface area contributed by atoms with Crippen molar-refractivity contribution in [1.29, 1.82) is 0 Å². The molecular weight excluding hydrogens is 278 g/mol. The van der Waals surface area contributed by atoms with Gasteiger partial charge in [-0.15, -0.1) is 0 Å². The Balaban J connectivity index is 3.14. The summed E-state index contributed by atoms with van der Waals surface area (Å²) < 4.78 is 26.3. The van der Waals surface area contributed by atoms with Gasteiger partial charge in [0.1, 0.15) is 4.21 Å². The minimum atomic E-state index is -3.69. The zero-order valence-corrected chi connectivity index (χ0v) is 11.9. The van der Waals surface area contributed by atoms with Crippen molar-refractivity contribution in [3.8, 4) is 0 Å². The highest BCUT2D eigenvalue weighted by Crippen LogP contribution is 2.36. The molecule has 0 spiro atoms. The molecule has 0 aliphatic rings. The van der Waals surface area contributed by atoms with Gasteiger partial charge in [-0.1, -0.05) is 18.3 Å². The van der Waals surface area contributed by atoms with Crippen LogP contribution >= 0.6 is 11.3 Å². The summed E-state index contributed by atoms with van der Waals surface area (Å²) in [6.45, 7) is 3.58. The van der Waals surface area contributed by atoms with E-state index in [2.05, 4.69) is 10.0 Å². The molecule has 2 N–H and O–H groups in total. The number of nitrogens with one attached hydrogen (secondary N) is 2. The summed E-state index contributed by atoms with van der Waals surface area (Å²) in [7, 11) is -2.18. The maximum Gasteiger partial charge on any atom is 0.304 e. The van der Waals surface area contributed by atoms with Crippen molar-refractivity contribution in [1.82, 2.24) is 4.72 Å². The summed E-state index contributed by atoms with van der Waals surface area (Å²) in [5.74, 6) is 0. The fourth-order valence-electron chi connectivity index (χ4n) is 1.21. The van der Waals surface area contributed by atoms with Crippen molar-refractivity contribution in [3.05, 3.63) is 16.2 Å². The molecule has 102 valence electrons. The number of rotatable bonds is 6. The van der Waals surface area contributed by atoms with Gasteiger partial charge in [0.15, 0.2) is 5.00 Å². The summed E-state index contributed by atoms with van der Waals surface area (Å²) >= 11 is 0.844. The first kappa shape index (κ1) is 14.9. The lowest BCUT2D eigenvalue weighted by atomic mass is 10.3. The molecule has 0 fully saturated rings. The number of hydrogen-bond acceptors (Lipinski definition) is 6. The summed E-state index contributed by atoms with van der Waals surface area (Å²) in [6.07, 6.45) is 0.644. The Hall–Kier alpha value is -1.19. The van der Waals surface area contributed by atoms with E-state index >= 15 is 0 Å². The third-order valence-electron chi connectivity index (χ3n) is 2.35. The zero-order chi connectivity index (χ0) is 13.9. The fraction of sp³-hybridized carbons (Fsp3) is 0.556. The van der Waals surface area contributed by atoms with Gasteiger partial charge in [-0.25, -0.2) is 13.1 Å². The lowest BCUT2D eigenvalue weighted by Crippen LogP contribution is -2.31. The van der Waals surface area contributed by atoms with Gasteiger partial charge in [0.2, 0.25) is 0 Å². The van der Waals surface area contributed by atoms with Crippen LogP contribution in [-0.4, -0.2) is 26.4 Å². The van der Waals surface area contributed by atoms with E-state index in [0.29, 0.717) is 6.42 Å². The molecule has 0 aromatic carbocycles. The molecule has 0 aliphatic heterocycles. The van der Waals surface area contributed by atoms with E-state index in [1.807, 2.05) is 6.92 Å². The molecule has 0 saturated heterocycles. The predicted octanol–water partition coefficient (Wildman–Crippen LogP) is 1.77. The highest BCUT2D eigenvalue weighted by Gasteiger charge is 2.26. The normalized spacial score (nSPS) is 13.3. The second-order valence-corrected chi connectivity index (χ2v) is 6.71. The van der Waals surface area contributed by atoms with Crippen molar-refractivity contribution < 1.29 is 13.3 Å². The van der Waals surface area contributed by atoms with Crippen molar-refractivity contribution in [2.45, 2.75) is 30.5 Å². The van der Waals surface area contributed by atoms with Crippen LogP contribution in [0.15, 0.2) is 10.3 Å². The van der Waals surface area contributed by atoms with Crippen LogP contribution in [0.2, 0.25) is 0 Å². The van der Waals surface area contributed by atoms with E-state index in [1.54, 1.807) is 6.92 Å². The summed E-state index contributed by atoms with van der Waals surface area (Å²) in [5.41, 5.74) is -0.230. The van der Waals surface area contributed by atoms with Gasteiger partial charge in [0.25, 0.3) is 10.0 Å². The predicted molar refractivity (Wildman–Crippen MR) is 70.6 cm³/mol. The first-order chi connectivity index (χ1) is 8.31. The molecule has 1 aromatic rings. The van der Waals surface area contributed by atoms with E-state index in [0.717, 1.165) is 17.4 Å². The minimum Gasteiger partial charge on any atom is -0.374 e. The van der Waals surface area contributed by atoms with Gasteiger partial charge < -0.3 is 5.32 Å².